The van der Waals surface area contributed by atoms with Gasteiger partial charge in [0.05, 0.1) is 19.3 Å². The molecule has 0 amide bonds. The molecule has 1 aromatic carbocycles. The summed E-state index contributed by atoms with van der Waals surface area (Å²) in [5, 5.41) is 4.32. The molecule has 3 heteroatoms. The van der Waals surface area contributed by atoms with Gasteiger partial charge in [0, 0.05) is 11.6 Å². The van der Waals surface area contributed by atoms with E-state index in [0.717, 1.165) is 24.8 Å². The number of hydrogen-bond acceptors (Lipinski definition) is 2. The summed E-state index contributed by atoms with van der Waals surface area (Å²) in [5.41, 5.74) is 1.21. The molecule has 1 heterocycles. The minimum atomic E-state index is 0.444. The second-order valence-corrected chi connectivity index (χ2v) is 4.47. The third kappa shape index (κ3) is 2.71. The standard InChI is InChI=1S/C12H16ClNO/c1-9(6-14-10-7-15-8-10)11-4-2-3-5-12(11)13/h2-5,9-10,14H,6-8H2,1H3. The summed E-state index contributed by atoms with van der Waals surface area (Å²) >= 11 is 6.13. The molecule has 1 N–H and O–H groups in total. The summed E-state index contributed by atoms with van der Waals surface area (Å²) in [7, 11) is 0. The number of ether oxygens (including phenoxy) is 1. The number of benzene rings is 1. The number of nitrogens with one attached hydrogen (secondary N) is 1. The van der Waals surface area contributed by atoms with Crippen LogP contribution in [0.25, 0.3) is 0 Å². The smallest absolute Gasteiger partial charge is 0.0643 e. The van der Waals surface area contributed by atoms with Crippen LogP contribution in [-0.2, 0) is 4.74 Å². The summed E-state index contributed by atoms with van der Waals surface area (Å²) in [6.45, 7) is 4.83. The van der Waals surface area contributed by atoms with Crippen LogP contribution in [0.5, 0.6) is 0 Å². The molecule has 0 radical (unpaired) electrons. The fraction of sp³-hybridized carbons (Fsp3) is 0.500. The lowest BCUT2D eigenvalue weighted by atomic mass is 10.0. The van der Waals surface area contributed by atoms with Crippen molar-refractivity contribution in [1.29, 1.82) is 0 Å². The van der Waals surface area contributed by atoms with Gasteiger partial charge in [0.25, 0.3) is 0 Å². The van der Waals surface area contributed by atoms with Crippen molar-refractivity contribution in [3.63, 3.8) is 0 Å². The van der Waals surface area contributed by atoms with Gasteiger partial charge in [-0.1, -0.05) is 36.7 Å². The Kier molecular flexibility index (Phi) is 3.62. The van der Waals surface area contributed by atoms with Gasteiger partial charge >= 0.3 is 0 Å². The van der Waals surface area contributed by atoms with Crippen molar-refractivity contribution in [2.24, 2.45) is 0 Å². The maximum absolute atomic E-state index is 6.13. The van der Waals surface area contributed by atoms with Crippen LogP contribution in [0, 0.1) is 0 Å². The topological polar surface area (TPSA) is 21.3 Å². The largest absolute Gasteiger partial charge is 0.378 e. The van der Waals surface area contributed by atoms with Crippen molar-refractivity contribution in [2.45, 2.75) is 18.9 Å². The second-order valence-electron chi connectivity index (χ2n) is 4.07. The van der Waals surface area contributed by atoms with Crippen molar-refractivity contribution < 1.29 is 4.74 Å². The van der Waals surface area contributed by atoms with Crippen molar-refractivity contribution in [3.8, 4) is 0 Å². The zero-order valence-corrected chi connectivity index (χ0v) is 9.63. The molecule has 0 aromatic heterocycles. The van der Waals surface area contributed by atoms with Gasteiger partial charge in [-0.3, -0.25) is 0 Å². The minimum absolute atomic E-state index is 0.444. The van der Waals surface area contributed by atoms with Gasteiger partial charge in [-0.15, -0.1) is 0 Å². The summed E-state index contributed by atoms with van der Waals surface area (Å²) < 4.78 is 5.11. The van der Waals surface area contributed by atoms with Crippen LogP contribution in [0.3, 0.4) is 0 Å². The molecule has 0 saturated carbocycles. The molecule has 2 rings (SSSR count). The molecule has 15 heavy (non-hydrogen) atoms. The lowest BCUT2D eigenvalue weighted by molar-refractivity contribution is -0.00530. The van der Waals surface area contributed by atoms with E-state index in [4.69, 9.17) is 16.3 Å². The molecule has 0 bridgehead atoms. The Balaban J connectivity index is 1.89. The van der Waals surface area contributed by atoms with Crippen LogP contribution in [-0.4, -0.2) is 25.8 Å². The molecule has 0 spiro atoms. The van der Waals surface area contributed by atoms with E-state index >= 15 is 0 Å². The summed E-state index contributed by atoms with van der Waals surface area (Å²) in [6, 6.07) is 8.57. The Morgan fingerprint density at radius 3 is 2.80 bits per heavy atom. The first-order chi connectivity index (χ1) is 7.27. The number of halogens is 1. The predicted molar refractivity (Wildman–Crippen MR) is 62.5 cm³/mol. The van der Waals surface area contributed by atoms with Crippen LogP contribution in [0.1, 0.15) is 18.4 Å². The molecular formula is C12H16ClNO. The SMILES string of the molecule is CC(CNC1COC1)c1ccccc1Cl. The first-order valence-corrected chi connectivity index (χ1v) is 5.70. The Labute approximate surface area is 95.6 Å². The van der Waals surface area contributed by atoms with Crippen LogP contribution < -0.4 is 5.32 Å². The summed E-state index contributed by atoms with van der Waals surface area (Å²) in [6.07, 6.45) is 0. The maximum Gasteiger partial charge on any atom is 0.0643 e. The van der Waals surface area contributed by atoms with E-state index in [1.807, 2.05) is 18.2 Å². The molecule has 1 aliphatic heterocycles. The highest BCUT2D eigenvalue weighted by Crippen LogP contribution is 2.23. The van der Waals surface area contributed by atoms with E-state index in [9.17, 15) is 0 Å². The number of rotatable bonds is 4. The highest BCUT2D eigenvalue weighted by molar-refractivity contribution is 6.31. The lowest BCUT2D eigenvalue weighted by Crippen LogP contribution is -2.47. The lowest BCUT2D eigenvalue weighted by Gasteiger charge is -2.28. The Bertz CT molecular complexity index is 325. The molecule has 82 valence electrons. The maximum atomic E-state index is 6.13. The molecule has 2 nitrogen and oxygen atoms in total. The summed E-state index contributed by atoms with van der Waals surface area (Å²) in [4.78, 5) is 0. The minimum Gasteiger partial charge on any atom is -0.378 e. The van der Waals surface area contributed by atoms with Crippen molar-refractivity contribution in [3.05, 3.63) is 34.9 Å². The zero-order chi connectivity index (χ0) is 10.7. The van der Waals surface area contributed by atoms with E-state index in [1.165, 1.54) is 5.56 Å². The van der Waals surface area contributed by atoms with Crippen LogP contribution in [0.4, 0.5) is 0 Å². The van der Waals surface area contributed by atoms with E-state index in [1.54, 1.807) is 0 Å². The van der Waals surface area contributed by atoms with Gasteiger partial charge in [-0.05, 0) is 17.5 Å². The van der Waals surface area contributed by atoms with Crippen LogP contribution in [0.15, 0.2) is 24.3 Å². The Morgan fingerprint density at radius 2 is 2.20 bits per heavy atom. The zero-order valence-electron chi connectivity index (χ0n) is 8.87. The highest BCUT2D eigenvalue weighted by atomic mass is 35.5. The van der Waals surface area contributed by atoms with Gasteiger partial charge in [0.15, 0.2) is 0 Å². The summed E-state index contributed by atoms with van der Waals surface area (Å²) in [5.74, 6) is 0.444. The van der Waals surface area contributed by atoms with Crippen molar-refractivity contribution in [1.82, 2.24) is 5.32 Å². The Hall–Kier alpha value is -0.570. The third-order valence-corrected chi connectivity index (χ3v) is 3.13. The van der Waals surface area contributed by atoms with Crippen molar-refractivity contribution in [2.75, 3.05) is 19.8 Å². The van der Waals surface area contributed by atoms with E-state index in [0.29, 0.717) is 12.0 Å². The van der Waals surface area contributed by atoms with E-state index in [-0.39, 0.29) is 0 Å². The third-order valence-electron chi connectivity index (χ3n) is 2.79. The highest BCUT2D eigenvalue weighted by Gasteiger charge is 2.18. The molecule has 0 aliphatic carbocycles. The molecular weight excluding hydrogens is 210 g/mol. The van der Waals surface area contributed by atoms with E-state index < -0.39 is 0 Å². The molecule has 1 fully saturated rings. The fourth-order valence-corrected chi connectivity index (χ4v) is 2.00. The molecule has 1 saturated heterocycles. The predicted octanol–water partition coefficient (Wildman–Crippen LogP) is 2.43. The van der Waals surface area contributed by atoms with Crippen LogP contribution in [0.2, 0.25) is 5.02 Å². The molecule has 1 atom stereocenters. The molecule has 1 unspecified atom stereocenters. The molecule has 1 aromatic rings. The number of hydrogen-bond donors (Lipinski definition) is 1. The van der Waals surface area contributed by atoms with Crippen LogP contribution >= 0.6 is 11.6 Å². The fourth-order valence-electron chi connectivity index (χ4n) is 1.68. The average molecular weight is 226 g/mol. The first-order valence-electron chi connectivity index (χ1n) is 5.33. The van der Waals surface area contributed by atoms with Gasteiger partial charge in [0.1, 0.15) is 0 Å². The first kappa shape index (κ1) is 10.9. The van der Waals surface area contributed by atoms with Gasteiger partial charge in [0.2, 0.25) is 0 Å². The average Bonchev–Trinajstić information content (AvgIpc) is 2.16. The van der Waals surface area contributed by atoms with Gasteiger partial charge < -0.3 is 10.1 Å². The Morgan fingerprint density at radius 1 is 1.47 bits per heavy atom. The monoisotopic (exact) mass is 225 g/mol. The van der Waals surface area contributed by atoms with Gasteiger partial charge in [-0.25, -0.2) is 0 Å². The second kappa shape index (κ2) is 4.97. The van der Waals surface area contributed by atoms with Gasteiger partial charge in [-0.2, -0.15) is 0 Å². The van der Waals surface area contributed by atoms with Crippen molar-refractivity contribution >= 4 is 11.6 Å². The quantitative estimate of drug-likeness (QED) is 0.850. The molecule has 1 aliphatic rings. The van der Waals surface area contributed by atoms with E-state index in [2.05, 4.69) is 18.3 Å². The normalized spacial score (nSPS) is 18.5.